The van der Waals surface area contributed by atoms with E-state index in [9.17, 15) is 0 Å². The van der Waals surface area contributed by atoms with Crippen molar-refractivity contribution >= 4 is 11.6 Å². The maximum atomic E-state index is 4.69. The monoisotopic (exact) mass is 566 g/mol. The minimum absolute atomic E-state index is 0.935. The lowest BCUT2D eigenvalue weighted by molar-refractivity contribution is 0.241. The first-order chi connectivity index (χ1) is 20.3. The van der Waals surface area contributed by atoms with Gasteiger partial charge in [0.15, 0.2) is 0 Å². The Balaban J connectivity index is 1.32. The second kappa shape index (κ2) is 19.7. The van der Waals surface area contributed by atoms with Gasteiger partial charge in [-0.2, -0.15) is 0 Å². The van der Waals surface area contributed by atoms with Crippen LogP contribution in [0.15, 0.2) is 36.7 Å². The van der Waals surface area contributed by atoms with Crippen molar-refractivity contribution in [1.82, 2.24) is 41.0 Å². The Morgan fingerprint density at radius 1 is 0.439 bits per heavy atom. The fourth-order valence-corrected chi connectivity index (χ4v) is 5.33. The van der Waals surface area contributed by atoms with E-state index in [-0.39, 0.29) is 0 Å². The van der Waals surface area contributed by atoms with E-state index in [1.807, 2.05) is 12.4 Å². The SMILES string of the molecule is c1cc2ncc1CN1CCCNCCN(CCCNCC1)Cc1ccc(nc1)NCCCNCCCNCCCN2. The third-order valence-corrected chi connectivity index (χ3v) is 7.71. The van der Waals surface area contributed by atoms with E-state index < -0.39 is 0 Å². The van der Waals surface area contributed by atoms with Gasteiger partial charge >= 0.3 is 0 Å². The zero-order valence-corrected chi connectivity index (χ0v) is 25.1. The molecule has 2 unspecified atom stereocenters. The Hall–Kier alpha value is -2.34. The van der Waals surface area contributed by atoms with E-state index in [0.29, 0.717) is 0 Å². The van der Waals surface area contributed by atoms with Crippen molar-refractivity contribution in [3.05, 3.63) is 47.8 Å². The molecule has 0 aromatic carbocycles. The number of pyridine rings is 2. The van der Waals surface area contributed by atoms with E-state index in [1.165, 1.54) is 11.1 Å². The van der Waals surface area contributed by atoms with Crippen molar-refractivity contribution < 1.29 is 0 Å². The molecule has 228 valence electrons. The summed E-state index contributed by atoms with van der Waals surface area (Å²) in [7, 11) is 0. The van der Waals surface area contributed by atoms with Crippen LogP contribution in [0.1, 0.15) is 43.2 Å². The average Bonchev–Trinajstić information content (AvgIpc) is 2.99. The van der Waals surface area contributed by atoms with Gasteiger partial charge in [-0.3, -0.25) is 9.80 Å². The van der Waals surface area contributed by atoms with Gasteiger partial charge in [-0.25, -0.2) is 9.97 Å². The molecule has 8 heterocycles. The van der Waals surface area contributed by atoms with Crippen molar-refractivity contribution in [1.29, 1.82) is 0 Å². The van der Waals surface area contributed by atoms with E-state index in [2.05, 4.69) is 75.9 Å². The number of nitrogens with zero attached hydrogens (tertiary/aromatic N) is 4. The Bertz CT molecular complexity index is 832. The molecule has 1 fully saturated rings. The summed E-state index contributed by atoms with van der Waals surface area (Å²) in [6.45, 7) is 16.3. The zero-order chi connectivity index (χ0) is 28.2. The van der Waals surface area contributed by atoms with Crippen molar-refractivity contribution in [2.75, 3.05) is 102 Å². The lowest BCUT2D eigenvalue weighted by Crippen LogP contribution is -2.38. The van der Waals surface area contributed by atoms with Crippen LogP contribution < -0.4 is 31.9 Å². The fourth-order valence-electron chi connectivity index (χ4n) is 5.33. The van der Waals surface area contributed by atoms with Crippen molar-refractivity contribution in [2.45, 2.75) is 45.2 Å². The number of aromatic nitrogens is 2. The number of nitrogens with one attached hydrogen (secondary N) is 6. The normalized spacial score (nSPS) is 24.0. The minimum Gasteiger partial charge on any atom is -0.370 e. The van der Waals surface area contributed by atoms with Crippen LogP contribution in [0.4, 0.5) is 11.6 Å². The van der Waals surface area contributed by atoms with Gasteiger partial charge in [-0.1, -0.05) is 12.1 Å². The van der Waals surface area contributed by atoms with Crippen molar-refractivity contribution in [3.8, 4) is 0 Å². The van der Waals surface area contributed by atoms with E-state index >= 15 is 0 Å². The van der Waals surface area contributed by atoms with Crippen molar-refractivity contribution in [2.24, 2.45) is 0 Å². The first-order valence-corrected chi connectivity index (χ1v) is 16.0. The van der Waals surface area contributed by atoms with Crippen LogP contribution >= 0.6 is 0 Å². The van der Waals surface area contributed by atoms with Gasteiger partial charge in [0.1, 0.15) is 11.6 Å². The highest BCUT2D eigenvalue weighted by Crippen LogP contribution is 2.10. The van der Waals surface area contributed by atoms with Crippen LogP contribution in [0.3, 0.4) is 0 Å². The quantitative estimate of drug-likeness (QED) is 0.284. The van der Waals surface area contributed by atoms with E-state index in [4.69, 9.17) is 0 Å². The molecule has 10 heteroatoms. The standard InChI is InChI=1S/C31H54N10/c1-10-32-12-2-16-36-30-8-6-28(24-38-30)26-40-20-4-14-35-19-23-41(21-5-15-34-18-22-40)27-29-7-9-31(39-25-29)37-17-3-13-33-11-1/h6-9,24-25,32-35H,1-5,10-23,26-27H2,(H,36,38)(H,37,39). The van der Waals surface area contributed by atoms with Crippen LogP contribution in [0.2, 0.25) is 0 Å². The second-order valence-electron chi connectivity index (χ2n) is 11.3. The summed E-state index contributed by atoms with van der Waals surface area (Å²) >= 11 is 0. The molecule has 10 nitrogen and oxygen atoms in total. The Morgan fingerprint density at radius 3 is 1.29 bits per heavy atom. The summed E-state index contributed by atoms with van der Waals surface area (Å²) in [5.74, 6) is 1.94. The molecule has 41 heavy (non-hydrogen) atoms. The zero-order valence-electron chi connectivity index (χ0n) is 25.1. The summed E-state index contributed by atoms with van der Waals surface area (Å²) in [4.78, 5) is 14.5. The summed E-state index contributed by atoms with van der Waals surface area (Å²) in [6, 6.07) is 8.72. The molecule has 6 aliphatic heterocycles. The number of anilines is 2. The third-order valence-electron chi connectivity index (χ3n) is 7.71. The molecule has 2 aromatic rings. The molecule has 6 bridgehead atoms. The van der Waals surface area contributed by atoms with Crippen LogP contribution in [-0.4, -0.2) is 111 Å². The highest BCUT2D eigenvalue weighted by Gasteiger charge is 2.10. The highest BCUT2D eigenvalue weighted by molar-refractivity contribution is 5.36. The van der Waals surface area contributed by atoms with Gasteiger partial charge < -0.3 is 31.9 Å². The Morgan fingerprint density at radius 2 is 0.854 bits per heavy atom. The van der Waals surface area contributed by atoms with Crippen molar-refractivity contribution in [3.63, 3.8) is 0 Å². The molecule has 0 spiro atoms. The largest absolute Gasteiger partial charge is 0.370 e. The summed E-state index contributed by atoms with van der Waals surface area (Å²) in [5.41, 5.74) is 2.56. The molecule has 0 radical (unpaired) electrons. The topological polar surface area (TPSA) is 104 Å². The molecule has 2 atom stereocenters. The molecule has 6 N–H and O–H groups in total. The summed E-state index contributed by atoms with van der Waals surface area (Å²) in [6.07, 6.45) is 9.70. The summed E-state index contributed by atoms with van der Waals surface area (Å²) < 4.78 is 0. The molecule has 0 saturated carbocycles. The van der Waals surface area contributed by atoms with E-state index in [1.54, 1.807) is 0 Å². The molecule has 2 aromatic heterocycles. The maximum absolute atomic E-state index is 4.69. The summed E-state index contributed by atoms with van der Waals surface area (Å²) in [5, 5.41) is 21.4. The molecule has 6 aliphatic rings. The number of hydrogen-bond donors (Lipinski definition) is 6. The molecule has 0 amide bonds. The molecular weight excluding hydrogens is 512 g/mol. The average molecular weight is 567 g/mol. The first-order valence-electron chi connectivity index (χ1n) is 16.0. The Labute approximate surface area is 247 Å². The highest BCUT2D eigenvalue weighted by atomic mass is 15.2. The van der Waals surface area contributed by atoms with Gasteiger partial charge in [0.2, 0.25) is 0 Å². The predicted molar refractivity (Wildman–Crippen MR) is 171 cm³/mol. The lowest BCUT2D eigenvalue weighted by Gasteiger charge is -2.25. The van der Waals surface area contributed by atoms with Gasteiger partial charge in [-0.05, 0) is 108 Å². The van der Waals surface area contributed by atoms with Gasteiger partial charge in [-0.15, -0.1) is 0 Å². The minimum atomic E-state index is 0.935. The molecule has 8 rings (SSSR count). The van der Waals surface area contributed by atoms with Gasteiger partial charge in [0, 0.05) is 64.8 Å². The smallest absolute Gasteiger partial charge is 0.125 e. The van der Waals surface area contributed by atoms with Crippen LogP contribution in [0.5, 0.6) is 0 Å². The van der Waals surface area contributed by atoms with Crippen LogP contribution in [0, 0.1) is 0 Å². The fraction of sp³-hybridized carbons (Fsp3) is 0.677. The lowest BCUT2D eigenvalue weighted by atomic mass is 10.2. The first kappa shape index (κ1) is 31.6. The van der Waals surface area contributed by atoms with Gasteiger partial charge in [0.05, 0.1) is 0 Å². The molecule has 0 aliphatic carbocycles. The molecular formula is C31H54N10. The number of fused-ring (bicyclic) bond motifs is 5. The van der Waals surface area contributed by atoms with Crippen LogP contribution in [-0.2, 0) is 13.1 Å². The number of rotatable bonds is 0. The van der Waals surface area contributed by atoms with Gasteiger partial charge in [0.25, 0.3) is 0 Å². The van der Waals surface area contributed by atoms with Crippen LogP contribution in [0.25, 0.3) is 0 Å². The molecule has 1 saturated heterocycles. The second-order valence-corrected chi connectivity index (χ2v) is 11.3. The maximum Gasteiger partial charge on any atom is 0.125 e. The predicted octanol–water partition coefficient (Wildman–Crippen LogP) is 1.94. The number of hydrogen-bond acceptors (Lipinski definition) is 10. The Kier molecular flexibility index (Phi) is 15.2. The third kappa shape index (κ3) is 13.5. The van der Waals surface area contributed by atoms with E-state index in [0.717, 1.165) is 148 Å².